The summed E-state index contributed by atoms with van der Waals surface area (Å²) in [5.74, 6) is 1.64. The van der Waals surface area contributed by atoms with E-state index in [9.17, 15) is 5.11 Å². The van der Waals surface area contributed by atoms with Gasteiger partial charge in [0.05, 0.1) is 5.60 Å². The maximum atomic E-state index is 9.89. The largest absolute Gasteiger partial charge is 0.388 e. The second kappa shape index (κ2) is 4.06. The first-order chi connectivity index (χ1) is 7.22. The van der Waals surface area contributed by atoms with Crippen LogP contribution in [0.1, 0.15) is 19.3 Å². The molecule has 1 aromatic rings. The third-order valence-electron chi connectivity index (χ3n) is 2.89. The first kappa shape index (κ1) is 10.2. The van der Waals surface area contributed by atoms with Crippen molar-refractivity contribution in [1.29, 1.82) is 0 Å². The lowest BCUT2D eigenvalue weighted by Crippen LogP contribution is -2.43. The van der Waals surface area contributed by atoms with Gasteiger partial charge >= 0.3 is 0 Å². The Hall–Kier alpha value is -1.29. The molecule has 4 nitrogen and oxygen atoms in total. The number of anilines is 2. The van der Waals surface area contributed by atoms with Crippen molar-refractivity contribution < 1.29 is 5.11 Å². The smallest absolute Gasteiger partial charge is 0.128 e. The van der Waals surface area contributed by atoms with Crippen LogP contribution >= 0.6 is 0 Å². The van der Waals surface area contributed by atoms with Gasteiger partial charge in [-0.15, -0.1) is 0 Å². The van der Waals surface area contributed by atoms with Gasteiger partial charge < -0.3 is 15.7 Å². The number of hydrogen-bond donors (Lipinski definition) is 3. The molecule has 3 N–H and O–H groups in total. The molecule has 82 valence electrons. The Kier molecular flexibility index (Phi) is 2.77. The number of nitrogens with one attached hydrogen (secondary N) is 2. The van der Waals surface area contributed by atoms with Crippen molar-refractivity contribution in [2.75, 3.05) is 24.2 Å². The molecule has 0 bridgehead atoms. The predicted octanol–water partition coefficient (Wildman–Crippen LogP) is 1.45. The highest BCUT2D eigenvalue weighted by Crippen LogP contribution is 2.31. The Bertz CT molecular complexity index is 336. The molecule has 0 spiro atoms. The predicted molar refractivity (Wildman–Crippen MR) is 61.1 cm³/mol. The van der Waals surface area contributed by atoms with E-state index < -0.39 is 5.60 Å². The Morgan fingerprint density at radius 2 is 2.13 bits per heavy atom. The van der Waals surface area contributed by atoms with Crippen LogP contribution in [0, 0.1) is 0 Å². The second-order valence-corrected chi connectivity index (χ2v) is 4.09. The van der Waals surface area contributed by atoms with Crippen LogP contribution in [-0.2, 0) is 0 Å². The van der Waals surface area contributed by atoms with E-state index in [1.54, 1.807) is 0 Å². The van der Waals surface area contributed by atoms with Gasteiger partial charge in [-0.3, -0.25) is 0 Å². The zero-order valence-corrected chi connectivity index (χ0v) is 8.95. The molecule has 0 atom stereocenters. The van der Waals surface area contributed by atoms with E-state index in [4.69, 9.17) is 0 Å². The Balaban J connectivity index is 1.92. The van der Waals surface area contributed by atoms with E-state index in [1.165, 1.54) is 0 Å². The van der Waals surface area contributed by atoms with E-state index >= 15 is 0 Å². The molecule has 1 aromatic heterocycles. The van der Waals surface area contributed by atoms with Crippen molar-refractivity contribution in [1.82, 2.24) is 4.98 Å². The minimum atomic E-state index is -0.503. The SMILES string of the molecule is CNc1cccc(NCC2(O)CCC2)n1. The van der Waals surface area contributed by atoms with E-state index in [1.807, 2.05) is 25.2 Å². The van der Waals surface area contributed by atoms with Gasteiger partial charge in [0.2, 0.25) is 0 Å². The van der Waals surface area contributed by atoms with Gasteiger partial charge in [-0.2, -0.15) is 0 Å². The third kappa shape index (κ3) is 2.39. The van der Waals surface area contributed by atoms with Crippen LogP contribution in [0.25, 0.3) is 0 Å². The molecule has 1 heterocycles. The minimum absolute atomic E-state index is 0.503. The summed E-state index contributed by atoms with van der Waals surface area (Å²) < 4.78 is 0. The fourth-order valence-corrected chi connectivity index (χ4v) is 1.69. The van der Waals surface area contributed by atoms with E-state index in [0.717, 1.165) is 30.9 Å². The summed E-state index contributed by atoms with van der Waals surface area (Å²) >= 11 is 0. The van der Waals surface area contributed by atoms with Crippen LogP contribution in [0.2, 0.25) is 0 Å². The van der Waals surface area contributed by atoms with Gasteiger partial charge in [0.25, 0.3) is 0 Å². The summed E-state index contributed by atoms with van der Waals surface area (Å²) in [7, 11) is 1.84. The molecule has 0 unspecified atom stereocenters. The van der Waals surface area contributed by atoms with Crippen LogP contribution in [0.3, 0.4) is 0 Å². The molecule has 1 fully saturated rings. The number of rotatable bonds is 4. The highest BCUT2D eigenvalue weighted by Gasteiger charge is 2.33. The Morgan fingerprint density at radius 1 is 1.40 bits per heavy atom. The van der Waals surface area contributed by atoms with Crippen LogP contribution in [0.15, 0.2) is 18.2 Å². The van der Waals surface area contributed by atoms with Crippen molar-refractivity contribution in [3.63, 3.8) is 0 Å². The summed E-state index contributed by atoms with van der Waals surface area (Å²) in [6.07, 6.45) is 2.92. The standard InChI is InChI=1S/C11H17N3O/c1-12-9-4-2-5-10(14-9)13-8-11(15)6-3-7-11/h2,4-5,15H,3,6-8H2,1H3,(H2,12,13,14). The number of nitrogens with zero attached hydrogens (tertiary/aromatic N) is 1. The molecule has 0 aliphatic heterocycles. The van der Waals surface area contributed by atoms with Crippen molar-refractivity contribution in [2.45, 2.75) is 24.9 Å². The van der Waals surface area contributed by atoms with Crippen LogP contribution in [-0.4, -0.2) is 29.3 Å². The molecule has 1 saturated carbocycles. The Morgan fingerprint density at radius 3 is 2.73 bits per heavy atom. The van der Waals surface area contributed by atoms with Crippen molar-refractivity contribution in [2.24, 2.45) is 0 Å². The van der Waals surface area contributed by atoms with Gasteiger partial charge in [-0.1, -0.05) is 6.07 Å². The van der Waals surface area contributed by atoms with Crippen LogP contribution in [0.5, 0.6) is 0 Å². The van der Waals surface area contributed by atoms with Gasteiger partial charge in [0.15, 0.2) is 0 Å². The van der Waals surface area contributed by atoms with Gasteiger partial charge in [-0.05, 0) is 31.4 Å². The zero-order valence-electron chi connectivity index (χ0n) is 8.95. The van der Waals surface area contributed by atoms with Crippen molar-refractivity contribution in [3.8, 4) is 0 Å². The van der Waals surface area contributed by atoms with Crippen molar-refractivity contribution in [3.05, 3.63) is 18.2 Å². The monoisotopic (exact) mass is 207 g/mol. The molecule has 1 aliphatic carbocycles. The summed E-state index contributed by atoms with van der Waals surface area (Å²) in [6, 6.07) is 5.75. The van der Waals surface area contributed by atoms with Gasteiger partial charge in [-0.25, -0.2) is 4.98 Å². The number of aliphatic hydroxyl groups is 1. The number of hydrogen-bond acceptors (Lipinski definition) is 4. The maximum absolute atomic E-state index is 9.89. The lowest BCUT2D eigenvalue weighted by Gasteiger charge is -2.36. The Labute approximate surface area is 89.7 Å². The lowest BCUT2D eigenvalue weighted by atomic mass is 9.80. The average Bonchev–Trinajstić information content (AvgIpc) is 2.24. The van der Waals surface area contributed by atoms with Crippen LogP contribution < -0.4 is 10.6 Å². The molecule has 2 rings (SSSR count). The van der Waals surface area contributed by atoms with Gasteiger partial charge in [0, 0.05) is 13.6 Å². The molecule has 15 heavy (non-hydrogen) atoms. The fraction of sp³-hybridized carbons (Fsp3) is 0.545. The molecular formula is C11H17N3O. The summed E-state index contributed by atoms with van der Waals surface area (Å²) in [5.41, 5.74) is -0.503. The third-order valence-corrected chi connectivity index (χ3v) is 2.89. The molecule has 1 aliphatic rings. The highest BCUT2D eigenvalue weighted by atomic mass is 16.3. The van der Waals surface area contributed by atoms with Crippen LogP contribution in [0.4, 0.5) is 11.6 Å². The second-order valence-electron chi connectivity index (χ2n) is 4.09. The van der Waals surface area contributed by atoms with E-state index in [-0.39, 0.29) is 0 Å². The molecular weight excluding hydrogens is 190 g/mol. The van der Waals surface area contributed by atoms with Gasteiger partial charge in [0.1, 0.15) is 11.6 Å². The summed E-state index contributed by atoms with van der Waals surface area (Å²) in [5, 5.41) is 16.0. The summed E-state index contributed by atoms with van der Waals surface area (Å²) in [4.78, 5) is 4.32. The molecule has 0 aromatic carbocycles. The molecule has 0 radical (unpaired) electrons. The lowest BCUT2D eigenvalue weighted by molar-refractivity contribution is -0.0202. The maximum Gasteiger partial charge on any atom is 0.128 e. The first-order valence-corrected chi connectivity index (χ1v) is 5.33. The summed E-state index contributed by atoms with van der Waals surface area (Å²) in [6.45, 7) is 0.590. The van der Waals surface area contributed by atoms with E-state index in [0.29, 0.717) is 6.54 Å². The minimum Gasteiger partial charge on any atom is -0.388 e. The topological polar surface area (TPSA) is 57.2 Å². The molecule has 0 saturated heterocycles. The zero-order chi connectivity index (χ0) is 10.7. The average molecular weight is 207 g/mol. The molecule has 0 amide bonds. The first-order valence-electron chi connectivity index (χ1n) is 5.33. The quantitative estimate of drug-likeness (QED) is 0.699. The van der Waals surface area contributed by atoms with Crippen molar-refractivity contribution >= 4 is 11.6 Å². The fourth-order valence-electron chi connectivity index (χ4n) is 1.69. The molecule has 4 heteroatoms. The number of pyridine rings is 1. The highest BCUT2D eigenvalue weighted by molar-refractivity contribution is 5.44. The normalized spacial score (nSPS) is 18.0. The number of aromatic nitrogens is 1. The van der Waals surface area contributed by atoms with E-state index in [2.05, 4.69) is 15.6 Å².